The van der Waals surface area contributed by atoms with Gasteiger partial charge in [-0.1, -0.05) is 35.9 Å². The van der Waals surface area contributed by atoms with Gasteiger partial charge in [-0.25, -0.2) is 15.0 Å². The van der Waals surface area contributed by atoms with E-state index in [-0.39, 0.29) is 0 Å². The maximum absolute atomic E-state index is 5.99. The summed E-state index contributed by atoms with van der Waals surface area (Å²) < 4.78 is 1.15. The topological polar surface area (TPSA) is 50.7 Å². The molecule has 2 heterocycles. The molecular formula is C19H14ClN4S. The monoisotopic (exact) mass is 365 g/mol. The van der Waals surface area contributed by atoms with E-state index in [0.29, 0.717) is 5.95 Å². The number of benzene rings is 2. The molecule has 4 nitrogen and oxygen atoms in total. The highest BCUT2D eigenvalue weighted by atomic mass is 35.5. The lowest BCUT2D eigenvalue weighted by molar-refractivity contribution is 0.983. The Labute approximate surface area is 154 Å². The van der Waals surface area contributed by atoms with E-state index in [1.807, 2.05) is 36.4 Å². The number of rotatable bonds is 5. The van der Waals surface area contributed by atoms with Crippen molar-refractivity contribution >= 4 is 39.1 Å². The predicted octanol–water partition coefficient (Wildman–Crippen LogP) is 4.86. The first-order valence-electron chi connectivity index (χ1n) is 7.87. The Morgan fingerprint density at radius 3 is 2.84 bits per heavy atom. The first-order chi connectivity index (χ1) is 12.3. The number of para-hydroxylation sites is 1. The molecule has 4 aromatic rings. The van der Waals surface area contributed by atoms with Crippen molar-refractivity contribution in [1.29, 1.82) is 0 Å². The van der Waals surface area contributed by atoms with Crippen LogP contribution in [-0.2, 0) is 6.42 Å². The molecule has 0 amide bonds. The van der Waals surface area contributed by atoms with Crippen molar-refractivity contribution < 1.29 is 0 Å². The van der Waals surface area contributed by atoms with E-state index in [0.717, 1.165) is 38.8 Å². The summed E-state index contributed by atoms with van der Waals surface area (Å²) in [7, 11) is 0. The van der Waals surface area contributed by atoms with Crippen molar-refractivity contribution in [2.45, 2.75) is 6.42 Å². The number of aromatic nitrogens is 3. The summed E-state index contributed by atoms with van der Waals surface area (Å²) in [5, 5.41) is 4.84. The third-order valence-corrected chi connectivity index (χ3v) is 5.01. The fraction of sp³-hybridized carbons (Fsp3) is 0.105. The molecule has 0 saturated carbocycles. The molecule has 0 atom stereocenters. The highest BCUT2D eigenvalue weighted by Gasteiger charge is 2.07. The Morgan fingerprint density at radius 2 is 2.04 bits per heavy atom. The van der Waals surface area contributed by atoms with Gasteiger partial charge in [-0.2, -0.15) is 0 Å². The van der Waals surface area contributed by atoms with Crippen LogP contribution in [0.25, 0.3) is 20.8 Å². The summed E-state index contributed by atoms with van der Waals surface area (Å²) in [5.74, 6) is 0.562. The first-order valence-corrected chi connectivity index (χ1v) is 9.06. The van der Waals surface area contributed by atoms with Crippen LogP contribution in [0.1, 0.15) is 5.56 Å². The van der Waals surface area contributed by atoms with Crippen molar-refractivity contribution in [2.75, 3.05) is 11.9 Å². The second-order valence-corrected chi connectivity index (χ2v) is 6.98. The van der Waals surface area contributed by atoms with Gasteiger partial charge in [0, 0.05) is 17.8 Å². The molecule has 0 unspecified atom stereocenters. The Morgan fingerprint density at radius 1 is 1.12 bits per heavy atom. The molecule has 25 heavy (non-hydrogen) atoms. The molecule has 2 aromatic heterocycles. The number of fused-ring (bicyclic) bond motifs is 1. The average Bonchev–Trinajstić information content (AvgIpc) is 3.06. The van der Waals surface area contributed by atoms with E-state index in [9.17, 15) is 0 Å². The molecular weight excluding hydrogens is 352 g/mol. The molecule has 0 saturated heterocycles. The van der Waals surface area contributed by atoms with Crippen molar-refractivity contribution in [1.82, 2.24) is 15.0 Å². The van der Waals surface area contributed by atoms with Crippen molar-refractivity contribution in [3.8, 4) is 10.6 Å². The van der Waals surface area contributed by atoms with Gasteiger partial charge >= 0.3 is 0 Å². The molecule has 4 rings (SSSR count). The maximum atomic E-state index is 5.99. The number of anilines is 1. The van der Waals surface area contributed by atoms with Gasteiger partial charge in [0.1, 0.15) is 11.2 Å². The molecule has 123 valence electrons. The first kappa shape index (κ1) is 16.0. The van der Waals surface area contributed by atoms with E-state index in [2.05, 4.69) is 38.6 Å². The van der Waals surface area contributed by atoms with Crippen molar-refractivity contribution in [3.63, 3.8) is 0 Å². The van der Waals surface area contributed by atoms with Crippen LogP contribution in [0.5, 0.6) is 0 Å². The number of hydrogen-bond donors (Lipinski definition) is 1. The molecule has 1 radical (unpaired) electrons. The van der Waals surface area contributed by atoms with Gasteiger partial charge in [0.05, 0.1) is 15.8 Å². The maximum Gasteiger partial charge on any atom is 0.223 e. The summed E-state index contributed by atoms with van der Waals surface area (Å²) in [5.41, 5.74) is 2.97. The Bertz CT molecular complexity index is 965. The number of nitrogens with zero attached hydrogens (tertiary/aromatic N) is 3. The van der Waals surface area contributed by atoms with Gasteiger partial charge in [0.2, 0.25) is 5.95 Å². The summed E-state index contributed by atoms with van der Waals surface area (Å²) >= 11 is 7.61. The molecule has 1 N–H and O–H groups in total. The van der Waals surface area contributed by atoms with E-state index in [4.69, 9.17) is 11.6 Å². The second-order valence-electron chi connectivity index (χ2n) is 5.51. The summed E-state index contributed by atoms with van der Waals surface area (Å²) in [4.78, 5) is 13.2. The number of nitrogens with one attached hydrogen (secondary N) is 1. The van der Waals surface area contributed by atoms with E-state index >= 15 is 0 Å². The third-order valence-electron chi connectivity index (χ3n) is 3.71. The van der Waals surface area contributed by atoms with Crippen molar-refractivity contribution in [3.05, 3.63) is 71.5 Å². The lowest BCUT2D eigenvalue weighted by Gasteiger charge is -2.05. The minimum absolute atomic E-state index is 0.562. The van der Waals surface area contributed by atoms with E-state index < -0.39 is 0 Å². The lowest BCUT2D eigenvalue weighted by atomic mass is 10.1. The molecule has 0 spiro atoms. The van der Waals surface area contributed by atoms with Crippen LogP contribution < -0.4 is 5.32 Å². The van der Waals surface area contributed by atoms with Gasteiger partial charge in [0.15, 0.2) is 0 Å². The number of halogens is 1. The van der Waals surface area contributed by atoms with Gasteiger partial charge in [-0.05, 0) is 36.2 Å². The standard InChI is InChI=1S/C19H14ClN4S/c20-15-5-3-4-13(10-15)8-9-21-19-22-11-14(12-23-19)18-24-16-6-1-2-7-17(16)25-18/h1-7,10-11H,8-9H2,(H,21,22,23). The van der Waals surface area contributed by atoms with Crippen LogP contribution in [0.15, 0.2) is 54.7 Å². The Balaban J connectivity index is 1.41. The van der Waals surface area contributed by atoms with E-state index in [1.165, 1.54) is 5.56 Å². The molecule has 0 fully saturated rings. The minimum Gasteiger partial charge on any atom is -0.354 e. The fourth-order valence-electron chi connectivity index (χ4n) is 2.48. The van der Waals surface area contributed by atoms with Crippen LogP contribution in [0.4, 0.5) is 5.95 Å². The van der Waals surface area contributed by atoms with Crippen LogP contribution >= 0.6 is 22.9 Å². The zero-order chi connectivity index (χ0) is 17.1. The smallest absolute Gasteiger partial charge is 0.223 e. The van der Waals surface area contributed by atoms with Gasteiger partial charge in [0.25, 0.3) is 0 Å². The average molecular weight is 366 g/mol. The lowest BCUT2D eigenvalue weighted by Crippen LogP contribution is -2.07. The van der Waals surface area contributed by atoms with Crippen LogP contribution in [0.2, 0.25) is 5.02 Å². The number of thiazole rings is 1. The largest absolute Gasteiger partial charge is 0.354 e. The molecule has 0 aliphatic carbocycles. The normalized spacial score (nSPS) is 10.9. The van der Waals surface area contributed by atoms with Crippen LogP contribution in [0.3, 0.4) is 0 Å². The van der Waals surface area contributed by atoms with Gasteiger partial charge in [-0.3, -0.25) is 0 Å². The molecule has 0 aliphatic rings. The van der Waals surface area contributed by atoms with Gasteiger partial charge < -0.3 is 5.32 Å². The second kappa shape index (κ2) is 7.17. The predicted molar refractivity (Wildman–Crippen MR) is 103 cm³/mol. The zero-order valence-electron chi connectivity index (χ0n) is 13.2. The van der Waals surface area contributed by atoms with Crippen molar-refractivity contribution in [2.24, 2.45) is 0 Å². The Hall–Kier alpha value is -2.50. The Kier molecular flexibility index (Phi) is 4.59. The molecule has 2 aromatic carbocycles. The zero-order valence-corrected chi connectivity index (χ0v) is 14.8. The molecule has 0 aliphatic heterocycles. The van der Waals surface area contributed by atoms with Crippen LogP contribution in [-0.4, -0.2) is 21.5 Å². The van der Waals surface area contributed by atoms with E-state index in [1.54, 1.807) is 17.5 Å². The fourth-order valence-corrected chi connectivity index (χ4v) is 3.62. The van der Waals surface area contributed by atoms with Crippen LogP contribution in [0, 0.1) is 6.20 Å². The molecule has 0 bridgehead atoms. The number of hydrogen-bond acceptors (Lipinski definition) is 5. The highest BCUT2D eigenvalue weighted by molar-refractivity contribution is 7.21. The minimum atomic E-state index is 0.562. The van der Waals surface area contributed by atoms with Gasteiger partial charge in [-0.15, -0.1) is 11.3 Å². The summed E-state index contributed by atoms with van der Waals surface area (Å²) in [6, 6.07) is 15.9. The highest BCUT2D eigenvalue weighted by Crippen LogP contribution is 2.29. The summed E-state index contributed by atoms with van der Waals surface area (Å²) in [6.45, 7) is 0.731. The molecule has 6 heteroatoms. The summed E-state index contributed by atoms with van der Waals surface area (Å²) in [6.07, 6.45) is 5.63. The SMILES string of the molecule is Clc1cccc(CCNc2n[c]c(-c3nc4ccccc4s3)cn2)c1. The third kappa shape index (κ3) is 3.78. The quantitative estimate of drug-likeness (QED) is 0.548.